The SMILES string of the molecule is Cn1n[c]c(I)c1SC(F)F. The lowest BCUT2D eigenvalue weighted by Gasteiger charge is -1.99. The highest BCUT2D eigenvalue weighted by Crippen LogP contribution is 2.28. The van der Waals surface area contributed by atoms with E-state index in [9.17, 15) is 8.78 Å². The second kappa shape index (κ2) is 3.70. The number of nitrogens with zero attached hydrogens (tertiary/aromatic N) is 2. The molecule has 0 saturated carbocycles. The Bertz CT molecular complexity index is 231. The number of hydrogen-bond donors (Lipinski definition) is 0. The largest absolute Gasteiger partial charge is 0.290 e. The maximum Gasteiger partial charge on any atom is 0.290 e. The fraction of sp³-hybridized carbons (Fsp3) is 0.400. The molecule has 0 aliphatic heterocycles. The summed E-state index contributed by atoms with van der Waals surface area (Å²) < 4.78 is 25.7. The molecule has 0 amide bonds. The van der Waals surface area contributed by atoms with Crippen LogP contribution in [0.2, 0.25) is 0 Å². The number of alkyl halides is 2. The van der Waals surface area contributed by atoms with E-state index in [1.54, 1.807) is 7.05 Å². The van der Waals surface area contributed by atoms with E-state index in [0.29, 0.717) is 20.4 Å². The standard InChI is InChI=1S/C5H4F2IN2S/c1-10-4(11-5(6)7)3(8)2-9-10/h5H,1H3. The minimum absolute atomic E-state index is 0.459. The molecular formula is C5H4F2IN2S. The predicted octanol–water partition coefficient (Wildman–Crippen LogP) is 2.14. The van der Waals surface area contributed by atoms with Crippen molar-refractivity contribution >= 4 is 34.4 Å². The molecule has 0 aromatic carbocycles. The lowest BCUT2D eigenvalue weighted by Crippen LogP contribution is -1.94. The average molecular weight is 289 g/mol. The third-order valence-corrected chi connectivity index (χ3v) is 2.97. The molecule has 0 spiro atoms. The number of aromatic nitrogens is 2. The van der Waals surface area contributed by atoms with Crippen molar-refractivity contribution in [1.29, 1.82) is 0 Å². The highest BCUT2D eigenvalue weighted by molar-refractivity contribution is 14.1. The lowest BCUT2D eigenvalue weighted by molar-refractivity contribution is 0.251. The fourth-order valence-corrected chi connectivity index (χ4v) is 1.92. The van der Waals surface area contributed by atoms with Gasteiger partial charge in [0.1, 0.15) is 11.2 Å². The van der Waals surface area contributed by atoms with Crippen LogP contribution in [0.4, 0.5) is 8.78 Å². The topological polar surface area (TPSA) is 17.8 Å². The first-order chi connectivity index (χ1) is 5.11. The summed E-state index contributed by atoms with van der Waals surface area (Å²) in [6.45, 7) is 0. The number of halogens is 3. The number of thioether (sulfide) groups is 1. The Labute approximate surface area is 80.5 Å². The van der Waals surface area contributed by atoms with Gasteiger partial charge in [-0.25, -0.2) is 0 Å². The molecular weight excluding hydrogens is 285 g/mol. The summed E-state index contributed by atoms with van der Waals surface area (Å²) in [6, 6.07) is 0. The highest BCUT2D eigenvalue weighted by atomic mass is 127. The van der Waals surface area contributed by atoms with Crippen LogP contribution in [0.5, 0.6) is 0 Å². The van der Waals surface area contributed by atoms with Gasteiger partial charge in [-0.1, -0.05) is 0 Å². The van der Waals surface area contributed by atoms with Crippen molar-refractivity contribution in [2.75, 3.05) is 0 Å². The van der Waals surface area contributed by atoms with Crippen molar-refractivity contribution in [3.8, 4) is 0 Å². The molecule has 6 heteroatoms. The van der Waals surface area contributed by atoms with Crippen molar-refractivity contribution in [2.24, 2.45) is 7.05 Å². The molecule has 1 radical (unpaired) electrons. The molecule has 1 aromatic heterocycles. The van der Waals surface area contributed by atoms with E-state index in [1.165, 1.54) is 4.68 Å². The zero-order chi connectivity index (χ0) is 8.43. The summed E-state index contributed by atoms with van der Waals surface area (Å²) in [4.78, 5) is 0. The first kappa shape index (κ1) is 9.24. The maximum absolute atomic E-state index is 11.9. The molecule has 61 valence electrons. The highest BCUT2D eigenvalue weighted by Gasteiger charge is 2.12. The van der Waals surface area contributed by atoms with Crippen molar-refractivity contribution in [3.63, 3.8) is 0 Å². The summed E-state index contributed by atoms with van der Waals surface area (Å²) in [5.41, 5.74) is 0. The van der Waals surface area contributed by atoms with Gasteiger partial charge in [0, 0.05) is 7.05 Å². The van der Waals surface area contributed by atoms with Crippen molar-refractivity contribution in [3.05, 3.63) is 9.77 Å². The molecule has 0 fully saturated rings. The maximum atomic E-state index is 11.9. The first-order valence-corrected chi connectivity index (χ1v) is 4.62. The van der Waals surface area contributed by atoms with Gasteiger partial charge in [0.25, 0.3) is 5.76 Å². The van der Waals surface area contributed by atoms with Crippen LogP contribution < -0.4 is 0 Å². The zero-order valence-corrected chi connectivity index (χ0v) is 8.49. The molecule has 0 aliphatic rings. The zero-order valence-electron chi connectivity index (χ0n) is 5.51. The predicted molar refractivity (Wildman–Crippen MR) is 46.6 cm³/mol. The minimum atomic E-state index is -2.40. The van der Waals surface area contributed by atoms with Gasteiger partial charge in [-0.05, 0) is 34.4 Å². The van der Waals surface area contributed by atoms with Crippen LogP contribution in [-0.2, 0) is 7.05 Å². The number of aryl methyl sites for hydroxylation is 1. The van der Waals surface area contributed by atoms with Crippen LogP contribution in [0.1, 0.15) is 0 Å². The first-order valence-electron chi connectivity index (χ1n) is 2.66. The van der Waals surface area contributed by atoms with Crippen molar-refractivity contribution in [2.45, 2.75) is 10.8 Å². The van der Waals surface area contributed by atoms with Crippen LogP contribution in [0.25, 0.3) is 0 Å². The summed E-state index contributed by atoms with van der Waals surface area (Å²) >= 11 is 2.41. The Morgan fingerprint density at radius 2 is 2.36 bits per heavy atom. The van der Waals surface area contributed by atoms with Gasteiger partial charge >= 0.3 is 0 Å². The van der Waals surface area contributed by atoms with Gasteiger partial charge in [0.15, 0.2) is 0 Å². The Kier molecular flexibility index (Phi) is 3.11. The number of rotatable bonds is 2. The van der Waals surface area contributed by atoms with Crippen LogP contribution in [0.3, 0.4) is 0 Å². The second-order valence-electron chi connectivity index (χ2n) is 1.73. The molecule has 0 aliphatic carbocycles. The summed E-state index contributed by atoms with van der Waals surface area (Å²) in [5.74, 6) is -2.40. The Morgan fingerprint density at radius 1 is 1.73 bits per heavy atom. The third-order valence-electron chi connectivity index (χ3n) is 0.981. The Balaban J connectivity index is 2.83. The van der Waals surface area contributed by atoms with Crippen molar-refractivity contribution < 1.29 is 8.78 Å². The van der Waals surface area contributed by atoms with Crippen LogP contribution >= 0.6 is 34.4 Å². The smallest absolute Gasteiger partial charge is 0.260 e. The van der Waals surface area contributed by atoms with Gasteiger partial charge in [0.2, 0.25) is 0 Å². The molecule has 0 unspecified atom stereocenters. The quantitative estimate of drug-likeness (QED) is 0.613. The average Bonchev–Trinajstić information content (AvgIpc) is 2.18. The number of hydrogen-bond acceptors (Lipinski definition) is 2. The third kappa shape index (κ3) is 2.29. The lowest BCUT2D eigenvalue weighted by atomic mass is 10.7. The van der Waals surface area contributed by atoms with Crippen molar-refractivity contribution in [1.82, 2.24) is 9.78 Å². The summed E-state index contributed by atoms with van der Waals surface area (Å²) in [7, 11) is 1.61. The van der Waals surface area contributed by atoms with E-state index in [2.05, 4.69) is 11.3 Å². The molecule has 1 aromatic rings. The molecule has 0 atom stereocenters. The van der Waals surface area contributed by atoms with Gasteiger partial charge in [-0.3, -0.25) is 4.68 Å². The van der Waals surface area contributed by atoms with Crippen LogP contribution in [0, 0.1) is 9.77 Å². The fourth-order valence-electron chi connectivity index (χ4n) is 0.567. The second-order valence-corrected chi connectivity index (χ2v) is 3.79. The molecule has 0 saturated heterocycles. The molecule has 1 heterocycles. The molecule has 0 N–H and O–H groups in total. The molecule has 11 heavy (non-hydrogen) atoms. The van der Waals surface area contributed by atoms with Crippen LogP contribution in [0.15, 0.2) is 5.03 Å². The van der Waals surface area contributed by atoms with Gasteiger partial charge < -0.3 is 0 Å². The summed E-state index contributed by atoms with van der Waals surface area (Å²) in [5, 5.41) is 4.16. The van der Waals surface area contributed by atoms with E-state index < -0.39 is 5.76 Å². The van der Waals surface area contributed by atoms with Crippen LogP contribution in [-0.4, -0.2) is 15.5 Å². The van der Waals surface area contributed by atoms with Gasteiger partial charge in [-0.2, -0.15) is 13.9 Å². The Hall–Kier alpha value is 0.150. The monoisotopic (exact) mass is 289 g/mol. The van der Waals surface area contributed by atoms with Gasteiger partial charge in [0.05, 0.1) is 3.57 Å². The van der Waals surface area contributed by atoms with E-state index in [-0.39, 0.29) is 0 Å². The minimum Gasteiger partial charge on any atom is -0.260 e. The Morgan fingerprint density at radius 3 is 2.73 bits per heavy atom. The van der Waals surface area contributed by atoms with E-state index in [0.717, 1.165) is 0 Å². The van der Waals surface area contributed by atoms with E-state index in [1.807, 2.05) is 22.6 Å². The molecule has 0 bridgehead atoms. The van der Waals surface area contributed by atoms with E-state index in [4.69, 9.17) is 0 Å². The molecule has 2 nitrogen and oxygen atoms in total. The van der Waals surface area contributed by atoms with Gasteiger partial charge in [-0.15, -0.1) is 0 Å². The van der Waals surface area contributed by atoms with E-state index >= 15 is 0 Å². The summed E-state index contributed by atoms with van der Waals surface area (Å²) in [6.07, 6.45) is 2.59. The normalized spacial score (nSPS) is 11.0. The molecule has 1 rings (SSSR count).